The number of aliphatic hydroxyl groups is 1. The van der Waals surface area contributed by atoms with Crippen molar-refractivity contribution in [2.45, 2.75) is 13.0 Å². The fourth-order valence-corrected chi connectivity index (χ4v) is 1.19. The summed E-state index contributed by atoms with van der Waals surface area (Å²) >= 11 is 0. The highest BCUT2D eigenvalue weighted by Gasteiger charge is 2.21. The molecule has 0 radical (unpaired) electrons. The van der Waals surface area contributed by atoms with Gasteiger partial charge in [-0.05, 0) is 0 Å². The smallest absolute Gasteiger partial charge is 0.269 e. The zero-order chi connectivity index (χ0) is 11.4. The second kappa shape index (κ2) is 4.88. The van der Waals surface area contributed by atoms with Gasteiger partial charge in [-0.15, -0.1) is 0 Å². The molecule has 1 aromatic heterocycles. The molecule has 0 fully saturated rings. The van der Waals surface area contributed by atoms with Crippen LogP contribution in [0, 0.1) is 0 Å². The number of nitrogens with zero attached hydrogens (tertiary/aromatic N) is 1. The molecule has 6 heteroatoms. The van der Waals surface area contributed by atoms with Gasteiger partial charge in [0.25, 0.3) is 6.43 Å². The fourth-order valence-electron chi connectivity index (χ4n) is 1.19. The van der Waals surface area contributed by atoms with Gasteiger partial charge in [-0.2, -0.15) is 0 Å². The summed E-state index contributed by atoms with van der Waals surface area (Å²) in [5, 5.41) is 8.90. The largest absolute Gasteiger partial charge is 0.496 e. The van der Waals surface area contributed by atoms with Crippen molar-refractivity contribution in [3.63, 3.8) is 0 Å². The van der Waals surface area contributed by atoms with Gasteiger partial charge in [0.2, 0.25) is 5.88 Å². The molecular weight excluding hydrogens is 208 g/mol. The lowest BCUT2D eigenvalue weighted by molar-refractivity contribution is 0.141. The van der Waals surface area contributed by atoms with E-state index in [1.807, 2.05) is 0 Å². The van der Waals surface area contributed by atoms with Gasteiger partial charge in [0.1, 0.15) is 5.75 Å². The Balaban J connectivity index is 3.32. The van der Waals surface area contributed by atoms with Crippen LogP contribution in [0.1, 0.15) is 17.7 Å². The molecule has 15 heavy (non-hydrogen) atoms. The maximum Gasteiger partial charge on any atom is 0.269 e. The fraction of sp³-hybridized carbons (Fsp3) is 0.444. The maximum absolute atomic E-state index is 12.6. The minimum atomic E-state index is -2.75. The van der Waals surface area contributed by atoms with Crippen LogP contribution in [0.4, 0.5) is 8.78 Å². The summed E-state index contributed by atoms with van der Waals surface area (Å²) < 4.78 is 34.8. The number of hydrogen-bond acceptors (Lipinski definition) is 4. The maximum atomic E-state index is 12.6. The van der Waals surface area contributed by atoms with Crippen LogP contribution in [0.3, 0.4) is 0 Å². The number of aliphatic hydroxyl groups excluding tert-OH is 1. The van der Waals surface area contributed by atoms with Gasteiger partial charge >= 0.3 is 0 Å². The van der Waals surface area contributed by atoms with Crippen molar-refractivity contribution >= 4 is 0 Å². The molecule has 4 nitrogen and oxygen atoms in total. The van der Waals surface area contributed by atoms with Crippen molar-refractivity contribution < 1.29 is 23.4 Å². The van der Waals surface area contributed by atoms with E-state index in [9.17, 15) is 8.78 Å². The van der Waals surface area contributed by atoms with Crippen LogP contribution >= 0.6 is 0 Å². The minimum Gasteiger partial charge on any atom is -0.496 e. The summed E-state index contributed by atoms with van der Waals surface area (Å²) in [6, 6.07) is 1.25. The summed E-state index contributed by atoms with van der Waals surface area (Å²) in [4.78, 5) is 3.71. The lowest BCUT2D eigenvalue weighted by atomic mass is 10.2. The zero-order valence-electron chi connectivity index (χ0n) is 8.33. The molecule has 1 heterocycles. The van der Waals surface area contributed by atoms with E-state index >= 15 is 0 Å². The van der Waals surface area contributed by atoms with Crippen LogP contribution in [0.2, 0.25) is 0 Å². The van der Waals surface area contributed by atoms with Crippen LogP contribution in [0.25, 0.3) is 0 Å². The average molecular weight is 219 g/mol. The molecule has 0 spiro atoms. The summed E-state index contributed by atoms with van der Waals surface area (Å²) in [5.74, 6) is 0.0844. The first-order valence-electron chi connectivity index (χ1n) is 4.14. The van der Waals surface area contributed by atoms with Crippen molar-refractivity contribution in [1.29, 1.82) is 0 Å². The average Bonchev–Trinajstić information content (AvgIpc) is 2.26. The third kappa shape index (κ3) is 2.33. The molecule has 0 saturated carbocycles. The number of rotatable bonds is 4. The lowest BCUT2D eigenvalue weighted by Crippen LogP contribution is -2.03. The van der Waals surface area contributed by atoms with Crippen molar-refractivity contribution in [3.8, 4) is 11.6 Å². The van der Waals surface area contributed by atoms with E-state index in [-0.39, 0.29) is 17.3 Å². The molecule has 0 saturated heterocycles. The molecule has 0 bridgehead atoms. The molecule has 1 N–H and O–H groups in total. The Morgan fingerprint density at radius 3 is 2.47 bits per heavy atom. The number of methoxy groups -OCH3 is 2. The highest BCUT2D eigenvalue weighted by atomic mass is 19.3. The van der Waals surface area contributed by atoms with Crippen molar-refractivity contribution in [3.05, 3.63) is 17.3 Å². The van der Waals surface area contributed by atoms with Gasteiger partial charge in [-0.1, -0.05) is 0 Å². The van der Waals surface area contributed by atoms with Crippen molar-refractivity contribution in [2.24, 2.45) is 0 Å². The molecular formula is C9H11F2NO3. The molecule has 0 amide bonds. The van der Waals surface area contributed by atoms with E-state index in [0.717, 1.165) is 0 Å². The number of ether oxygens (including phenoxy) is 2. The van der Waals surface area contributed by atoms with Crippen LogP contribution in [0.15, 0.2) is 6.07 Å². The van der Waals surface area contributed by atoms with Crippen molar-refractivity contribution in [1.82, 2.24) is 4.98 Å². The lowest BCUT2D eigenvalue weighted by Gasteiger charge is -2.12. The first-order valence-corrected chi connectivity index (χ1v) is 4.14. The highest BCUT2D eigenvalue weighted by Crippen LogP contribution is 2.33. The predicted molar refractivity (Wildman–Crippen MR) is 48.2 cm³/mol. The van der Waals surface area contributed by atoms with Gasteiger partial charge in [0.15, 0.2) is 0 Å². The van der Waals surface area contributed by atoms with E-state index in [1.165, 1.54) is 20.3 Å². The molecule has 84 valence electrons. The Bertz CT molecular complexity index is 319. The standard InChI is InChI=1S/C9H11F2NO3/c1-14-6-3-7(15-2)12-5(4-13)8(6)9(10)11/h3,9,13H,4H2,1-2H3. The molecule has 0 aliphatic carbocycles. The Morgan fingerprint density at radius 2 is 2.07 bits per heavy atom. The van der Waals surface area contributed by atoms with Gasteiger partial charge in [0, 0.05) is 6.07 Å². The molecule has 0 aromatic carbocycles. The first kappa shape index (κ1) is 11.6. The Kier molecular flexibility index (Phi) is 3.79. The van der Waals surface area contributed by atoms with Crippen LogP contribution in [-0.2, 0) is 6.61 Å². The highest BCUT2D eigenvalue weighted by molar-refractivity contribution is 5.41. The second-order valence-corrected chi connectivity index (χ2v) is 2.69. The SMILES string of the molecule is COc1cc(OC)c(C(F)F)c(CO)n1. The van der Waals surface area contributed by atoms with E-state index in [0.29, 0.717) is 0 Å². The number of halogens is 2. The number of aromatic nitrogens is 1. The van der Waals surface area contributed by atoms with E-state index in [1.54, 1.807) is 0 Å². The van der Waals surface area contributed by atoms with Gasteiger partial charge in [-0.25, -0.2) is 13.8 Å². The van der Waals surface area contributed by atoms with E-state index in [4.69, 9.17) is 14.6 Å². The number of alkyl halides is 2. The third-order valence-corrected chi connectivity index (χ3v) is 1.87. The molecule has 0 atom stereocenters. The van der Waals surface area contributed by atoms with E-state index in [2.05, 4.69) is 4.98 Å². The molecule has 1 aromatic rings. The normalized spacial score (nSPS) is 10.5. The topological polar surface area (TPSA) is 51.6 Å². The predicted octanol–water partition coefficient (Wildman–Crippen LogP) is 1.53. The van der Waals surface area contributed by atoms with Gasteiger partial charge in [-0.3, -0.25) is 0 Å². The quantitative estimate of drug-likeness (QED) is 0.834. The zero-order valence-corrected chi connectivity index (χ0v) is 8.33. The Morgan fingerprint density at radius 1 is 1.40 bits per heavy atom. The molecule has 1 rings (SSSR count). The minimum absolute atomic E-state index is 0.0408. The first-order chi connectivity index (χ1) is 7.13. The second-order valence-electron chi connectivity index (χ2n) is 2.69. The summed E-state index contributed by atoms with van der Waals surface area (Å²) in [6.45, 7) is -0.590. The molecule has 0 aliphatic rings. The monoisotopic (exact) mass is 219 g/mol. The molecule has 0 unspecified atom stereocenters. The Hall–Kier alpha value is -1.43. The van der Waals surface area contributed by atoms with E-state index < -0.39 is 18.6 Å². The summed E-state index contributed by atoms with van der Waals surface area (Å²) in [6.07, 6.45) is -2.75. The summed E-state index contributed by atoms with van der Waals surface area (Å²) in [7, 11) is 2.62. The van der Waals surface area contributed by atoms with Crippen molar-refractivity contribution in [2.75, 3.05) is 14.2 Å². The van der Waals surface area contributed by atoms with Crippen LogP contribution in [0.5, 0.6) is 11.6 Å². The van der Waals surface area contributed by atoms with Crippen LogP contribution < -0.4 is 9.47 Å². The Labute approximate surface area is 85.5 Å². The third-order valence-electron chi connectivity index (χ3n) is 1.87. The van der Waals surface area contributed by atoms with Gasteiger partial charge < -0.3 is 14.6 Å². The van der Waals surface area contributed by atoms with Gasteiger partial charge in [0.05, 0.1) is 32.1 Å². The number of pyridine rings is 1. The van der Waals surface area contributed by atoms with Crippen LogP contribution in [-0.4, -0.2) is 24.3 Å². The summed E-state index contributed by atoms with van der Waals surface area (Å²) in [5.41, 5.74) is -0.540. The number of hydrogen-bond donors (Lipinski definition) is 1. The molecule has 0 aliphatic heterocycles.